The second-order valence-electron chi connectivity index (χ2n) is 2.88. The summed E-state index contributed by atoms with van der Waals surface area (Å²) in [5.74, 6) is -0.0104. The third kappa shape index (κ3) is 4.01. The van der Waals surface area contributed by atoms with Gasteiger partial charge in [0.1, 0.15) is 0 Å². The highest BCUT2D eigenvalue weighted by atomic mass is 32.2. The van der Waals surface area contributed by atoms with E-state index in [9.17, 15) is 8.42 Å². The van der Waals surface area contributed by atoms with Gasteiger partial charge in [-0.25, -0.2) is 13.6 Å². The van der Waals surface area contributed by atoms with Crippen molar-refractivity contribution in [1.29, 1.82) is 0 Å². The molecule has 0 radical (unpaired) electrons. The minimum absolute atomic E-state index is 0.0104. The zero-order valence-electron chi connectivity index (χ0n) is 6.82. The van der Waals surface area contributed by atoms with E-state index in [0.717, 1.165) is 13.0 Å². The molecule has 1 saturated heterocycles. The maximum atomic E-state index is 10.5. The largest absolute Gasteiger partial charge is 0.380 e. The summed E-state index contributed by atoms with van der Waals surface area (Å²) in [5.41, 5.74) is 0. The Kier molecular flexibility index (Phi) is 3.45. The van der Waals surface area contributed by atoms with Crippen molar-refractivity contribution in [3.63, 3.8) is 0 Å². The third-order valence-electron chi connectivity index (χ3n) is 1.75. The molecule has 1 unspecified atom stereocenters. The summed E-state index contributed by atoms with van der Waals surface area (Å²) in [5, 5.41) is 7.88. The van der Waals surface area contributed by atoms with Crippen molar-refractivity contribution in [2.75, 3.05) is 25.5 Å². The van der Waals surface area contributed by atoms with E-state index in [4.69, 9.17) is 9.88 Å². The van der Waals surface area contributed by atoms with Gasteiger partial charge in [-0.3, -0.25) is 0 Å². The van der Waals surface area contributed by atoms with Crippen molar-refractivity contribution in [2.24, 2.45) is 5.14 Å². The van der Waals surface area contributed by atoms with Crippen molar-refractivity contribution in [1.82, 2.24) is 5.32 Å². The monoisotopic (exact) mass is 194 g/mol. The summed E-state index contributed by atoms with van der Waals surface area (Å²) >= 11 is 0. The van der Waals surface area contributed by atoms with E-state index < -0.39 is 10.0 Å². The maximum Gasteiger partial charge on any atom is 0.210 e. The lowest BCUT2D eigenvalue weighted by Crippen LogP contribution is -2.34. The summed E-state index contributed by atoms with van der Waals surface area (Å²) in [7, 11) is -3.32. The molecule has 0 amide bonds. The highest BCUT2D eigenvalue weighted by Crippen LogP contribution is 2.02. The molecule has 1 heterocycles. The first kappa shape index (κ1) is 9.91. The normalized spacial score (nSPS) is 24.6. The molecular weight excluding hydrogens is 180 g/mol. The molecule has 0 aromatic rings. The summed E-state index contributed by atoms with van der Waals surface area (Å²) in [6.07, 6.45) is 0.949. The minimum Gasteiger partial charge on any atom is -0.380 e. The summed E-state index contributed by atoms with van der Waals surface area (Å²) < 4.78 is 26.1. The van der Waals surface area contributed by atoms with Crippen molar-refractivity contribution in [3.05, 3.63) is 0 Å². The fourth-order valence-corrected chi connectivity index (χ4v) is 1.50. The van der Waals surface area contributed by atoms with E-state index in [2.05, 4.69) is 5.32 Å². The minimum atomic E-state index is -3.32. The Morgan fingerprint density at radius 3 is 2.83 bits per heavy atom. The van der Waals surface area contributed by atoms with Crippen LogP contribution >= 0.6 is 0 Å². The van der Waals surface area contributed by atoms with Crippen LogP contribution in [-0.2, 0) is 14.8 Å². The van der Waals surface area contributed by atoms with Crippen molar-refractivity contribution >= 4 is 10.0 Å². The van der Waals surface area contributed by atoms with Crippen molar-refractivity contribution < 1.29 is 13.2 Å². The molecule has 3 N–H and O–H groups in total. The molecular formula is C6H14N2O3S. The van der Waals surface area contributed by atoms with Gasteiger partial charge in [-0.05, 0) is 6.42 Å². The molecule has 0 aromatic carbocycles. The number of primary sulfonamides is 1. The molecule has 0 bridgehead atoms. The Bertz CT molecular complexity index is 221. The molecule has 0 aliphatic carbocycles. The molecule has 1 aliphatic heterocycles. The standard InChI is InChI=1S/C6H14N2O3S/c7-12(9,10)4-2-8-6-1-3-11-5-6/h6,8H,1-5H2,(H2,7,9,10). The first-order valence-electron chi connectivity index (χ1n) is 3.89. The van der Waals surface area contributed by atoms with E-state index in [0.29, 0.717) is 19.2 Å². The molecule has 12 heavy (non-hydrogen) atoms. The molecule has 1 aliphatic rings. The molecule has 1 atom stereocenters. The Morgan fingerprint density at radius 2 is 2.33 bits per heavy atom. The van der Waals surface area contributed by atoms with E-state index >= 15 is 0 Å². The van der Waals surface area contributed by atoms with Crippen LogP contribution in [-0.4, -0.2) is 40.0 Å². The van der Waals surface area contributed by atoms with Crippen LogP contribution in [0.3, 0.4) is 0 Å². The quantitative estimate of drug-likeness (QED) is 0.580. The SMILES string of the molecule is NS(=O)(=O)CCNC1CCOC1. The van der Waals surface area contributed by atoms with Gasteiger partial charge in [0.25, 0.3) is 0 Å². The van der Waals surface area contributed by atoms with E-state index in [1.807, 2.05) is 0 Å². The first-order valence-corrected chi connectivity index (χ1v) is 5.61. The van der Waals surface area contributed by atoms with Gasteiger partial charge in [0, 0.05) is 19.2 Å². The van der Waals surface area contributed by atoms with Crippen LogP contribution in [0.2, 0.25) is 0 Å². The topological polar surface area (TPSA) is 81.4 Å². The van der Waals surface area contributed by atoms with Crippen molar-refractivity contribution in [3.8, 4) is 0 Å². The van der Waals surface area contributed by atoms with Crippen LogP contribution < -0.4 is 10.5 Å². The smallest absolute Gasteiger partial charge is 0.210 e. The van der Waals surface area contributed by atoms with Crippen molar-refractivity contribution in [2.45, 2.75) is 12.5 Å². The van der Waals surface area contributed by atoms with E-state index in [1.54, 1.807) is 0 Å². The van der Waals surface area contributed by atoms with Crippen LogP contribution in [0.5, 0.6) is 0 Å². The Labute approximate surface area is 72.3 Å². The van der Waals surface area contributed by atoms with Crippen LogP contribution in [0.1, 0.15) is 6.42 Å². The van der Waals surface area contributed by atoms with Crippen LogP contribution in [0.25, 0.3) is 0 Å². The van der Waals surface area contributed by atoms with Crippen LogP contribution in [0.15, 0.2) is 0 Å². The van der Waals surface area contributed by atoms with E-state index in [1.165, 1.54) is 0 Å². The van der Waals surface area contributed by atoms with Gasteiger partial charge in [0.05, 0.1) is 12.4 Å². The fraction of sp³-hybridized carbons (Fsp3) is 1.00. The van der Waals surface area contributed by atoms with Gasteiger partial charge in [-0.2, -0.15) is 0 Å². The number of ether oxygens (including phenoxy) is 1. The number of nitrogens with two attached hydrogens (primary N) is 1. The number of rotatable bonds is 4. The van der Waals surface area contributed by atoms with Gasteiger partial charge in [0.2, 0.25) is 10.0 Å². The second-order valence-corrected chi connectivity index (χ2v) is 4.62. The maximum absolute atomic E-state index is 10.5. The molecule has 72 valence electrons. The van der Waals surface area contributed by atoms with Gasteiger partial charge < -0.3 is 10.1 Å². The highest BCUT2D eigenvalue weighted by molar-refractivity contribution is 7.89. The van der Waals surface area contributed by atoms with Gasteiger partial charge in [-0.15, -0.1) is 0 Å². The fourth-order valence-electron chi connectivity index (χ4n) is 1.10. The number of hydrogen-bond acceptors (Lipinski definition) is 4. The zero-order valence-corrected chi connectivity index (χ0v) is 7.64. The molecule has 5 nitrogen and oxygen atoms in total. The molecule has 1 fully saturated rings. The Balaban J connectivity index is 2.09. The molecule has 0 saturated carbocycles. The lowest BCUT2D eigenvalue weighted by Gasteiger charge is -2.08. The van der Waals surface area contributed by atoms with Gasteiger partial charge in [0.15, 0.2) is 0 Å². The third-order valence-corrected chi connectivity index (χ3v) is 2.52. The van der Waals surface area contributed by atoms with E-state index in [-0.39, 0.29) is 5.75 Å². The number of nitrogens with one attached hydrogen (secondary N) is 1. The molecule has 1 rings (SSSR count). The summed E-state index contributed by atoms with van der Waals surface area (Å²) in [6, 6.07) is 0.298. The van der Waals surface area contributed by atoms with Gasteiger partial charge >= 0.3 is 0 Å². The predicted octanol–water partition coefficient (Wildman–Crippen LogP) is -1.35. The molecule has 0 aromatic heterocycles. The average Bonchev–Trinajstić information content (AvgIpc) is 2.36. The number of sulfonamides is 1. The molecule has 6 heteroatoms. The number of hydrogen-bond donors (Lipinski definition) is 2. The van der Waals surface area contributed by atoms with Gasteiger partial charge in [-0.1, -0.05) is 0 Å². The highest BCUT2D eigenvalue weighted by Gasteiger charge is 2.14. The lowest BCUT2D eigenvalue weighted by molar-refractivity contribution is 0.190. The average molecular weight is 194 g/mol. The second kappa shape index (κ2) is 4.18. The predicted molar refractivity (Wildman–Crippen MR) is 45.2 cm³/mol. The summed E-state index contributed by atoms with van der Waals surface area (Å²) in [6.45, 7) is 1.84. The molecule has 0 spiro atoms. The Morgan fingerprint density at radius 1 is 1.58 bits per heavy atom. The Hall–Kier alpha value is -0.170. The first-order chi connectivity index (χ1) is 5.58. The summed E-state index contributed by atoms with van der Waals surface area (Å²) in [4.78, 5) is 0. The zero-order chi connectivity index (χ0) is 9.03. The van der Waals surface area contributed by atoms with Crippen LogP contribution in [0, 0.1) is 0 Å². The van der Waals surface area contributed by atoms with Crippen LogP contribution in [0.4, 0.5) is 0 Å². The lowest BCUT2D eigenvalue weighted by atomic mass is 10.3.